The van der Waals surface area contributed by atoms with Crippen molar-refractivity contribution in [1.29, 1.82) is 0 Å². The lowest BCUT2D eigenvalue weighted by Gasteiger charge is -2.00. The van der Waals surface area contributed by atoms with Crippen molar-refractivity contribution in [3.63, 3.8) is 0 Å². The number of aromatic nitrogens is 2. The highest BCUT2D eigenvalue weighted by atomic mass is 16.1. The maximum Gasteiger partial charge on any atom is 0.251 e. The summed E-state index contributed by atoms with van der Waals surface area (Å²) < 4.78 is 1.54. The third-order valence-corrected chi connectivity index (χ3v) is 1.87. The Kier molecular flexibility index (Phi) is 1.43. The molecule has 0 bridgehead atoms. The molecule has 0 N–H and O–H groups in total. The maximum absolute atomic E-state index is 11.2. The molecule has 0 fully saturated rings. The lowest BCUT2D eigenvalue weighted by molar-refractivity contribution is 0.888. The number of nitrogens with zero attached hydrogens (tertiary/aromatic N) is 2. The Morgan fingerprint density at radius 2 is 2.17 bits per heavy atom. The molecule has 0 aliphatic rings. The molecule has 2 rings (SSSR count). The molecule has 12 heavy (non-hydrogen) atoms. The normalized spacial score (nSPS) is 10.4. The Bertz CT molecular complexity index is 473. The van der Waals surface area contributed by atoms with E-state index in [4.69, 9.17) is 0 Å². The van der Waals surface area contributed by atoms with Crippen LogP contribution < -0.4 is 5.56 Å². The van der Waals surface area contributed by atoms with E-state index >= 15 is 0 Å². The Labute approximate surface area is 69.3 Å². The van der Waals surface area contributed by atoms with Crippen LogP contribution in [-0.2, 0) is 7.05 Å². The van der Waals surface area contributed by atoms with E-state index in [0.29, 0.717) is 0 Å². The molecule has 0 unspecified atom stereocenters. The van der Waals surface area contributed by atoms with Crippen LogP contribution in [0.5, 0.6) is 0 Å². The Morgan fingerprint density at radius 1 is 1.33 bits per heavy atom. The molecule has 0 aromatic carbocycles. The molecule has 3 nitrogen and oxygen atoms in total. The van der Waals surface area contributed by atoms with Gasteiger partial charge >= 0.3 is 0 Å². The smallest absolute Gasteiger partial charge is 0.251 e. The highest BCUT2D eigenvalue weighted by Gasteiger charge is 1.96. The molecule has 0 aliphatic carbocycles. The first kappa shape index (κ1) is 7.03. The molecule has 0 saturated heterocycles. The average molecular weight is 160 g/mol. The van der Waals surface area contributed by atoms with Crippen molar-refractivity contribution in [1.82, 2.24) is 9.55 Å². The van der Waals surface area contributed by atoms with Gasteiger partial charge in [0.05, 0.1) is 0 Å². The highest BCUT2D eigenvalue weighted by molar-refractivity contribution is 5.74. The average Bonchev–Trinajstić information content (AvgIpc) is 2.12. The summed E-state index contributed by atoms with van der Waals surface area (Å²) in [5, 5.41) is 0.986. The molecule has 0 saturated carbocycles. The van der Waals surface area contributed by atoms with Gasteiger partial charge in [-0.15, -0.1) is 0 Å². The van der Waals surface area contributed by atoms with Gasteiger partial charge in [0.1, 0.15) is 5.65 Å². The van der Waals surface area contributed by atoms with E-state index in [0.717, 1.165) is 11.0 Å². The van der Waals surface area contributed by atoms with Crippen molar-refractivity contribution < 1.29 is 0 Å². The van der Waals surface area contributed by atoms with Gasteiger partial charge in [0.15, 0.2) is 0 Å². The lowest BCUT2D eigenvalue weighted by atomic mass is 10.3. The van der Waals surface area contributed by atoms with Crippen molar-refractivity contribution in [3.8, 4) is 0 Å². The highest BCUT2D eigenvalue weighted by Crippen LogP contribution is 2.05. The number of hydrogen-bond acceptors (Lipinski definition) is 2. The number of hydrogen-bond donors (Lipinski definition) is 0. The summed E-state index contributed by atoms with van der Waals surface area (Å²) in [5.74, 6) is 0. The SMILES string of the molecule is Cn1c(=O)ccc2cccnc21. The number of aryl methyl sites for hydroxylation is 1. The van der Waals surface area contributed by atoms with Crippen LogP contribution in [0.2, 0.25) is 0 Å². The second-order valence-corrected chi connectivity index (χ2v) is 2.65. The van der Waals surface area contributed by atoms with Crippen LogP contribution in [0.4, 0.5) is 0 Å². The van der Waals surface area contributed by atoms with E-state index < -0.39 is 0 Å². The Morgan fingerprint density at radius 3 is 3.00 bits per heavy atom. The summed E-state index contributed by atoms with van der Waals surface area (Å²) >= 11 is 0. The van der Waals surface area contributed by atoms with Crippen LogP contribution >= 0.6 is 0 Å². The second-order valence-electron chi connectivity index (χ2n) is 2.65. The van der Waals surface area contributed by atoms with Gasteiger partial charge < -0.3 is 0 Å². The zero-order valence-corrected chi connectivity index (χ0v) is 6.69. The van der Waals surface area contributed by atoms with Gasteiger partial charge in [0.2, 0.25) is 0 Å². The van der Waals surface area contributed by atoms with Crippen LogP contribution in [0.15, 0.2) is 35.3 Å². The molecule has 0 radical (unpaired) electrons. The fourth-order valence-electron chi connectivity index (χ4n) is 1.20. The topological polar surface area (TPSA) is 34.9 Å². The largest absolute Gasteiger partial charge is 0.296 e. The van der Waals surface area contributed by atoms with Crippen molar-refractivity contribution in [2.24, 2.45) is 7.05 Å². The maximum atomic E-state index is 11.2. The summed E-state index contributed by atoms with van der Waals surface area (Å²) in [6, 6.07) is 7.11. The molecular formula is C9H8N2O. The molecule has 2 heterocycles. The van der Waals surface area contributed by atoms with Gasteiger partial charge in [0.25, 0.3) is 5.56 Å². The van der Waals surface area contributed by atoms with Gasteiger partial charge in [-0.3, -0.25) is 9.36 Å². The third kappa shape index (κ3) is 0.906. The lowest BCUT2D eigenvalue weighted by Crippen LogP contribution is -2.15. The van der Waals surface area contributed by atoms with Gasteiger partial charge in [-0.2, -0.15) is 0 Å². The summed E-state index contributed by atoms with van der Waals surface area (Å²) in [4.78, 5) is 15.3. The number of fused-ring (bicyclic) bond motifs is 1. The van der Waals surface area contributed by atoms with Gasteiger partial charge in [-0.1, -0.05) is 0 Å². The minimum absolute atomic E-state index is 0.0267. The number of rotatable bonds is 0. The zero-order valence-electron chi connectivity index (χ0n) is 6.69. The molecular weight excluding hydrogens is 152 g/mol. The minimum Gasteiger partial charge on any atom is -0.296 e. The minimum atomic E-state index is -0.0267. The van der Waals surface area contributed by atoms with E-state index in [1.165, 1.54) is 4.57 Å². The summed E-state index contributed by atoms with van der Waals surface area (Å²) in [6.45, 7) is 0. The summed E-state index contributed by atoms with van der Waals surface area (Å²) in [6.07, 6.45) is 1.68. The van der Waals surface area contributed by atoms with Gasteiger partial charge in [0, 0.05) is 24.7 Å². The van der Waals surface area contributed by atoms with Crippen molar-refractivity contribution in [2.75, 3.05) is 0 Å². The molecule has 0 amide bonds. The van der Waals surface area contributed by atoms with Gasteiger partial charge in [-0.05, 0) is 18.2 Å². The molecule has 2 aromatic heterocycles. The van der Waals surface area contributed by atoms with Crippen LogP contribution in [0.1, 0.15) is 0 Å². The van der Waals surface area contributed by atoms with E-state index in [2.05, 4.69) is 4.98 Å². The van der Waals surface area contributed by atoms with E-state index in [-0.39, 0.29) is 5.56 Å². The second kappa shape index (κ2) is 2.44. The zero-order chi connectivity index (χ0) is 8.55. The van der Waals surface area contributed by atoms with Crippen molar-refractivity contribution in [3.05, 3.63) is 40.8 Å². The first-order valence-electron chi connectivity index (χ1n) is 3.70. The Balaban J connectivity index is 3.01. The predicted octanol–water partition coefficient (Wildman–Crippen LogP) is 0.933. The van der Waals surface area contributed by atoms with Crippen LogP contribution in [0.3, 0.4) is 0 Å². The van der Waals surface area contributed by atoms with Crippen molar-refractivity contribution in [2.45, 2.75) is 0 Å². The van der Waals surface area contributed by atoms with Crippen LogP contribution in [0, 0.1) is 0 Å². The first-order valence-corrected chi connectivity index (χ1v) is 3.70. The quantitative estimate of drug-likeness (QED) is 0.574. The standard InChI is InChI=1S/C9H8N2O/c1-11-8(12)5-4-7-3-2-6-10-9(7)11/h2-6H,1H3. The van der Waals surface area contributed by atoms with E-state index in [1.807, 2.05) is 12.1 Å². The molecule has 0 aliphatic heterocycles. The molecule has 0 spiro atoms. The van der Waals surface area contributed by atoms with Crippen molar-refractivity contribution >= 4 is 11.0 Å². The molecule has 0 atom stereocenters. The molecule has 60 valence electrons. The van der Waals surface area contributed by atoms with Crippen LogP contribution in [-0.4, -0.2) is 9.55 Å². The van der Waals surface area contributed by atoms with E-state index in [9.17, 15) is 4.79 Å². The predicted molar refractivity (Wildman–Crippen MR) is 47.0 cm³/mol. The van der Waals surface area contributed by atoms with Gasteiger partial charge in [-0.25, -0.2) is 4.98 Å². The summed E-state index contributed by atoms with van der Waals surface area (Å²) in [5.41, 5.74) is 0.700. The summed E-state index contributed by atoms with van der Waals surface area (Å²) in [7, 11) is 1.72. The van der Waals surface area contributed by atoms with Crippen LogP contribution in [0.25, 0.3) is 11.0 Å². The van der Waals surface area contributed by atoms with E-state index in [1.54, 1.807) is 25.4 Å². The monoisotopic (exact) mass is 160 g/mol. The Hall–Kier alpha value is -1.64. The first-order chi connectivity index (χ1) is 5.79. The third-order valence-electron chi connectivity index (χ3n) is 1.87. The number of pyridine rings is 2. The fraction of sp³-hybridized carbons (Fsp3) is 0.111. The molecule has 2 aromatic rings. The fourth-order valence-corrected chi connectivity index (χ4v) is 1.20. The molecule has 3 heteroatoms.